The number of carbonyl (C=O) groups is 1. The number of halogens is 1. The third-order valence-electron chi connectivity index (χ3n) is 6.35. The van der Waals surface area contributed by atoms with Crippen molar-refractivity contribution in [1.82, 2.24) is 19.4 Å². The predicted octanol–water partition coefficient (Wildman–Crippen LogP) is 6.34. The van der Waals surface area contributed by atoms with Gasteiger partial charge in [0.05, 0.1) is 5.52 Å². The van der Waals surface area contributed by atoms with Gasteiger partial charge in [-0.3, -0.25) is 0 Å². The van der Waals surface area contributed by atoms with Crippen molar-refractivity contribution in [2.24, 2.45) is 0 Å². The zero-order chi connectivity index (χ0) is 24.6. The first-order chi connectivity index (χ1) is 16.8. The van der Waals surface area contributed by atoms with Gasteiger partial charge >= 0.3 is 6.09 Å². The largest absolute Gasteiger partial charge is 0.444 e. The molecule has 0 bridgehead atoms. The maximum absolute atomic E-state index is 13.6. The van der Waals surface area contributed by atoms with Crippen LogP contribution in [0.3, 0.4) is 0 Å². The van der Waals surface area contributed by atoms with Crippen molar-refractivity contribution in [3.8, 4) is 17.1 Å². The lowest BCUT2D eigenvalue weighted by molar-refractivity contribution is 0.0205. The molecule has 1 saturated heterocycles. The molecule has 0 radical (unpaired) electrons. The molecule has 2 aromatic carbocycles. The molecule has 4 aromatic rings. The smallest absolute Gasteiger partial charge is 0.410 e. The summed E-state index contributed by atoms with van der Waals surface area (Å²) in [4.78, 5) is 23.2. The molecule has 35 heavy (non-hydrogen) atoms. The highest BCUT2D eigenvalue weighted by Crippen LogP contribution is 2.37. The second kappa shape index (κ2) is 9.13. The van der Waals surface area contributed by atoms with Crippen molar-refractivity contribution < 1.29 is 13.9 Å². The summed E-state index contributed by atoms with van der Waals surface area (Å²) in [6.07, 6.45) is 7.06. The van der Waals surface area contributed by atoms with Crippen LogP contribution < -0.4 is 0 Å². The molecule has 0 spiro atoms. The normalized spacial score (nSPS) is 14.9. The molecule has 1 fully saturated rings. The SMILES string of the molecule is CC(C)(C)OC(=O)N1CCC(c2cn(-c3ccc(F)cc3)c3ccc(-c4ncccn4)cc23)CC1. The molecule has 0 saturated carbocycles. The minimum absolute atomic E-state index is 0.256. The van der Waals surface area contributed by atoms with Gasteiger partial charge in [-0.25, -0.2) is 19.2 Å². The van der Waals surface area contributed by atoms with Crippen LogP contribution in [0.25, 0.3) is 28.0 Å². The van der Waals surface area contributed by atoms with E-state index in [1.807, 2.05) is 26.8 Å². The summed E-state index contributed by atoms with van der Waals surface area (Å²) in [7, 11) is 0. The van der Waals surface area contributed by atoms with Crippen molar-refractivity contribution in [2.75, 3.05) is 13.1 Å². The van der Waals surface area contributed by atoms with Gasteiger partial charge in [0.25, 0.3) is 0 Å². The van der Waals surface area contributed by atoms with Crippen LogP contribution in [0.4, 0.5) is 9.18 Å². The van der Waals surface area contributed by atoms with Crippen LogP contribution in [-0.4, -0.2) is 44.2 Å². The highest BCUT2D eigenvalue weighted by molar-refractivity contribution is 5.89. The van der Waals surface area contributed by atoms with Crippen LogP contribution in [0.5, 0.6) is 0 Å². The average Bonchev–Trinajstić information content (AvgIpc) is 3.23. The monoisotopic (exact) mass is 472 g/mol. The zero-order valence-electron chi connectivity index (χ0n) is 20.2. The highest BCUT2D eigenvalue weighted by atomic mass is 19.1. The van der Waals surface area contributed by atoms with Crippen molar-refractivity contribution >= 4 is 17.0 Å². The van der Waals surface area contributed by atoms with E-state index in [1.165, 1.54) is 17.7 Å². The van der Waals surface area contributed by atoms with Gasteiger partial charge in [0.2, 0.25) is 0 Å². The molecule has 6 nitrogen and oxygen atoms in total. The van der Waals surface area contributed by atoms with Gasteiger partial charge in [-0.2, -0.15) is 0 Å². The van der Waals surface area contributed by atoms with E-state index in [-0.39, 0.29) is 17.8 Å². The number of ether oxygens (including phenoxy) is 1. The molecule has 1 amide bonds. The van der Waals surface area contributed by atoms with E-state index >= 15 is 0 Å². The van der Waals surface area contributed by atoms with Gasteiger partial charge in [0.15, 0.2) is 5.82 Å². The molecule has 0 aliphatic carbocycles. The van der Waals surface area contributed by atoms with E-state index in [2.05, 4.69) is 32.9 Å². The number of piperidine rings is 1. The molecule has 0 unspecified atom stereocenters. The Bertz CT molecular complexity index is 1340. The lowest BCUT2D eigenvalue weighted by atomic mass is 9.89. The fourth-order valence-electron chi connectivity index (χ4n) is 4.68. The van der Waals surface area contributed by atoms with Crippen LogP contribution in [0.15, 0.2) is 67.1 Å². The molecule has 0 atom stereocenters. The molecule has 0 N–H and O–H groups in total. The maximum atomic E-state index is 13.6. The molecule has 180 valence electrons. The first-order valence-corrected chi connectivity index (χ1v) is 11.9. The Balaban J connectivity index is 1.50. The quantitative estimate of drug-likeness (QED) is 0.349. The molecule has 5 rings (SSSR count). The minimum Gasteiger partial charge on any atom is -0.444 e. The summed E-state index contributed by atoms with van der Waals surface area (Å²) in [5, 5.41) is 1.12. The van der Waals surface area contributed by atoms with Crippen molar-refractivity contribution in [3.05, 3.63) is 78.5 Å². The van der Waals surface area contributed by atoms with E-state index in [0.29, 0.717) is 18.9 Å². The van der Waals surface area contributed by atoms with E-state index in [9.17, 15) is 9.18 Å². The number of aromatic nitrogens is 3. The third-order valence-corrected chi connectivity index (χ3v) is 6.35. The van der Waals surface area contributed by atoms with Crippen LogP contribution >= 0.6 is 0 Å². The number of fused-ring (bicyclic) bond motifs is 1. The molecule has 7 heteroatoms. The predicted molar refractivity (Wildman–Crippen MR) is 134 cm³/mol. The fourth-order valence-corrected chi connectivity index (χ4v) is 4.68. The second-order valence-corrected chi connectivity index (χ2v) is 9.98. The van der Waals surface area contributed by atoms with Gasteiger partial charge < -0.3 is 14.2 Å². The maximum Gasteiger partial charge on any atom is 0.410 e. The Labute approximate surface area is 204 Å². The van der Waals surface area contributed by atoms with Gasteiger partial charge in [0, 0.05) is 48.3 Å². The van der Waals surface area contributed by atoms with Gasteiger partial charge in [0.1, 0.15) is 11.4 Å². The average molecular weight is 473 g/mol. The van der Waals surface area contributed by atoms with Crippen molar-refractivity contribution in [1.29, 1.82) is 0 Å². The van der Waals surface area contributed by atoms with Crippen molar-refractivity contribution in [3.63, 3.8) is 0 Å². The van der Waals surface area contributed by atoms with Gasteiger partial charge in [-0.15, -0.1) is 0 Å². The Hall–Kier alpha value is -3.74. The summed E-state index contributed by atoms with van der Waals surface area (Å²) < 4.78 is 21.3. The topological polar surface area (TPSA) is 60.2 Å². The summed E-state index contributed by atoms with van der Waals surface area (Å²) in [6, 6.07) is 14.6. The van der Waals surface area contributed by atoms with Crippen LogP contribution in [0, 0.1) is 5.82 Å². The number of rotatable bonds is 3. The van der Waals surface area contributed by atoms with E-state index < -0.39 is 5.60 Å². The molecule has 2 aromatic heterocycles. The van der Waals surface area contributed by atoms with Gasteiger partial charge in [-0.05, 0) is 93.6 Å². The Morgan fingerprint density at radius 2 is 1.71 bits per heavy atom. The number of amides is 1. The number of hydrogen-bond donors (Lipinski definition) is 0. The van der Waals surface area contributed by atoms with Crippen LogP contribution in [0.1, 0.15) is 45.1 Å². The first kappa shape index (κ1) is 23.0. The molecule has 1 aliphatic rings. The lowest BCUT2D eigenvalue weighted by Gasteiger charge is -2.33. The minimum atomic E-state index is -0.508. The lowest BCUT2D eigenvalue weighted by Crippen LogP contribution is -2.41. The van der Waals surface area contributed by atoms with E-state index in [4.69, 9.17) is 4.74 Å². The Kier molecular flexibility index (Phi) is 6.01. The van der Waals surface area contributed by atoms with E-state index in [1.54, 1.807) is 35.5 Å². The van der Waals surface area contributed by atoms with Crippen LogP contribution in [0.2, 0.25) is 0 Å². The summed E-state index contributed by atoms with van der Waals surface area (Å²) in [6.45, 7) is 6.94. The zero-order valence-corrected chi connectivity index (χ0v) is 20.2. The number of nitrogens with zero attached hydrogens (tertiary/aromatic N) is 4. The number of carbonyl (C=O) groups excluding carboxylic acids is 1. The van der Waals surface area contributed by atoms with E-state index in [0.717, 1.165) is 35.0 Å². The standard InChI is InChI=1S/C28H29FN4O2/c1-28(2,3)35-27(34)32-15-11-19(12-16-32)24-18-33(22-8-6-21(29)7-9-22)25-10-5-20(17-23(24)25)26-30-13-4-14-31-26/h4-10,13-14,17-19H,11-12,15-16H2,1-3H3. The third kappa shape index (κ3) is 4.90. The summed E-state index contributed by atoms with van der Waals surface area (Å²) in [5.74, 6) is 0.697. The summed E-state index contributed by atoms with van der Waals surface area (Å²) in [5.41, 5.74) is 3.60. The molecule has 3 heterocycles. The van der Waals surface area contributed by atoms with Crippen molar-refractivity contribution in [2.45, 2.75) is 45.1 Å². The molecular formula is C28H29FN4O2. The fraction of sp³-hybridized carbons (Fsp3) is 0.321. The molecule has 1 aliphatic heterocycles. The number of benzene rings is 2. The second-order valence-electron chi connectivity index (χ2n) is 9.98. The number of hydrogen-bond acceptors (Lipinski definition) is 4. The molecular weight excluding hydrogens is 443 g/mol. The highest BCUT2D eigenvalue weighted by Gasteiger charge is 2.29. The summed E-state index contributed by atoms with van der Waals surface area (Å²) >= 11 is 0. The Morgan fingerprint density at radius 1 is 1.03 bits per heavy atom. The first-order valence-electron chi connectivity index (χ1n) is 11.9. The Morgan fingerprint density at radius 3 is 2.37 bits per heavy atom. The number of likely N-dealkylation sites (tertiary alicyclic amines) is 1. The van der Waals surface area contributed by atoms with Crippen LogP contribution in [-0.2, 0) is 4.74 Å². The van der Waals surface area contributed by atoms with Gasteiger partial charge in [-0.1, -0.05) is 0 Å².